The Morgan fingerprint density at radius 2 is 1.78 bits per heavy atom. The molecule has 2 heterocycles. The molecule has 0 saturated heterocycles. The molecule has 0 radical (unpaired) electrons. The quantitative estimate of drug-likeness (QED) is 0.679. The summed E-state index contributed by atoms with van der Waals surface area (Å²) in [4.78, 5) is 0. The monoisotopic (exact) mass is 348 g/mol. The molecule has 1 aromatic carbocycles. The van der Waals surface area contributed by atoms with Gasteiger partial charge in [-0.3, -0.25) is 0 Å². The van der Waals surface area contributed by atoms with Crippen LogP contribution in [0.1, 0.15) is 22.9 Å². The number of aromatic nitrogens is 5. The SMILES string of the molecule is Cc1nn(-c2cccc(Cl)c2)c(Cl)c1/C=N/n1c(C)nnc1C. The fourth-order valence-electron chi connectivity index (χ4n) is 2.18. The summed E-state index contributed by atoms with van der Waals surface area (Å²) in [7, 11) is 0. The molecular weight excluding hydrogens is 335 g/mol. The molecule has 0 aliphatic heterocycles. The van der Waals surface area contributed by atoms with Crippen LogP contribution in [0, 0.1) is 20.8 Å². The van der Waals surface area contributed by atoms with Crippen molar-refractivity contribution in [2.75, 3.05) is 0 Å². The highest BCUT2D eigenvalue weighted by Crippen LogP contribution is 2.23. The number of nitrogens with zero attached hydrogens (tertiary/aromatic N) is 6. The molecule has 23 heavy (non-hydrogen) atoms. The molecule has 0 aliphatic rings. The van der Waals surface area contributed by atoms with E-state index >= 15 is 0 Å². The molecule has 6 nitrogen and oxygen atoms in total. The Balaban J connectivity index is 2.02. The summed E-state index contributed by atoms with van der Waals surface area (Å²) in [6.45, 7) is 5.54. The summed E-state index contributed by atoms with van der Waals surface area (Å²) in [5, 5.41) is 17.9. The highest BCUT2D eigenvalue weighted by atomic mass is 35.5. The van der Waals surface area contributed by atoms with E-state index in [0.717, 1.165) is 16.9 Å². The second kappa shape index (κ2) is 6.14. The molecule has 118 valence electrons. The zero-order valence-corrected chi connectivity index (χ0v) is 14.3. The molecule has 0 unspecified atom stereocenters. The van der Waals surface area contributed by atoms with Crippen molar-refractivity contribution in [3.05, 3.63) is 57.3 Å². The van der Waals surface area contributed by atoms with E-state index in [1.807, 2.05) is 32.9 Å². The van der Waals surface area contributed by atoms with E-state index in [4.69, 9.17) is 23.2 Å². The molecule has 0 atom stereocenters. The van der Waals surface area contributed by atoms with Gasteiger partial charge in [0.2, 0.25) is 0 Å². The molecule has 0 N–H and O–H groups in total. The van der Waals surface area contributed by atoms with Crippen LogP contribution in [0.15, 0.2) is 29.4 Å². The first-order valence-electron chi connectivity index (χ1n) is 6.91. The van der Waals surface area contributed by atoms with Gasteiger partial charge in [-0.1, -0.05) is 29.3 Å². The minimum atomic E-state index is 0.469. The Bertz CT molecular complexity index is 874. The first-order chi connectivity index (χ1) is 11.0. The summed E-state index contributed by atoms with van der Waals surface area (Å²) in [5.74, 6) is 1.41. The van der Waals surface area contributed by atoms with E-state index in [1.165, 1.54) is 0 Å². The number of aryl methyl sites for hydroxylation is 3. The van der Waals surface area contributed by atoms with E-state index in [1.54, 1.807) is 27.7 Å². The van der Waals surface area contributed by atoms with Crippen LogP contribution < -0.4 is 0 Å². The summed E-state index contributed by atoms with van der Waals surface area (Å²) in [6.07, 6.45) is 1.66. The van der Waals surface area contributed by atoms with Gasteiger partial charge in [0.15, 0.2) is 11.6 Å². The molecule has 3 rings (SSSR count). The topological polar surface area (TPSA) is 60.9 Å². The fraction of sp³-hybridized carbons (Fsp3) is 0.200. The average molecular weight is 349 g/mol. The van der Waals surface area contributed by atoms with Gasteiger partial charge in [-0.25, -0.2) is 9.36 Å². The van der Waals surface area contributed by atoms with E-state index in [9.17, 15) is 0 Å². The average Bonchev–Trinajstić information content (AvgIpc) is 2.98. The highest BCUT2D eigenvalue weighted by molar-refractivity contribution is 6.32. The van der Waals surface area contributed by atoms with Crippen LogP contribution in [0.3, 0.4) is 0 Å². The second-order valence-corrected chi connectivity index (χ2v) is 5.83. The lowest BCUT2D eigenvalue weighted by molar-refractivity contribution is 0.799. The van der Waals surface area contributed by atoms with Crippen LogP contribution in [0.5, 0.6) is 0 Å². The lowest BCUT2D eigenvalue weighted by Crippen LogP contribution is -1.97. The van der Waals surface area contributed by atoms with Crippen molar-refractivity contribution in [3.8, 4) is 5.69 Å². The van der Waals surface area contributed by atoms with Gasteiger partial charge in [0.1, 0.15) is 5.15 Å². The predicted octanol–water partition coefficient (Wildman–Crippen LogP) is 3.58. The maximum Gasteiger partial charge on any atom is 0.151 e. The summed E-state index contributed by atoms with van der Waals surface area (Å²) < 4.78 is 3.28. The maximum absolute atomic E-state index is 6.46. The molecule has 0 spiro atoms. The summed E-state index contributed by atoms with van der Waals surface area (Å²) >= 11 is 12.5. The van der Waals surface area contributed by atoms with E-state index in [0.29, 0.717) is 21.8 Å². The molecular formula is C15H14Cl2N6. The second-order valence-electron chi connectivity index (χ2n) is 5.03. The van der Waals surface area contributed by atoms with Crippen molar-refractivity contribution in [1.82, 2.24) is 24.7 Å². The first-order valence-corrected chi connectivity index (χ1v) is 7.67. The molecule has 3 aromatic rings. The van der Waals surface area contributed by atoms with Crippen molar-refractivity contribution >= 4 is 29.4 Å². The highest BCUT2D eigenvalue weighted by Gasteiger charge is 2.14. The molecule has 2 aromatic heterocycles. The van der Waals surface area contributed by atoms with Gasteiger partial charge in [-0.2, -0.15) is 10.2 Å². The normalized spacial score (nSPS) is 11.5. The van der Waals surface area contributed by atoms with E-state index in [2.05, 4.69) is 20.4 Å². The van der Waals surface area contributed by atoms with Crippen LogP contribution in [0.25, 0.3) is 5.69 Å². The minimum absolute atomic E-state index is 0.469. The van der Waals surface area contributed by atoms with Crippen LogP contribution >= 0.6 is 23.2 Å². The predicted molar refractivity (Wildman–Crippen MR) is 90.8 cm³/mol. The van der Waals surface area contributed by atoms with Crippen LogP contribution in [0.4, 0.5) is 0 Å². The molecule has 0 aliphatic carbocycles. The maximum atomic E-state index is 6.46. The summed E-state index contributed by atoms with van der Waals surface area (Å²) in [5.41, 5.74) is 2.29. The third-order valence-corrected chi connectivity index (χ3v) is 3.95. The smallest absolute Gasteiger partial charge is 0.151 e. The lowest BCUT2D eigenvalue weighted by Gasteiger charge is -2.03. The van der Waals surface area contributed by atoms with Gasteiger partial charge in [-0.15, -0.1) is 10.2 Å². The van der Waals surface area contributed by atoms with E-state index in [-0.39, 0.29) is 0 Å². The number of rotatable bonds is 3. The van der Waals surface area contributed by atoms with Crippen molar-refractivity contribution in [3.63, 3.8) is 0 Å². The Morgan fingerprint density at radius 1 is 1.09 bits per heavy atom. The van der Waals surface area contributed by atoms with Crippen LogP contribution in [-0.4, -0.2) is 30.9 Å². The van der Waals surface area contributed by atoms with Crippen LogP contribution in [0.2, 0.25) is 10.2 Å². The van der Waals surface area contributed by atoms with Gasteiger partial charge in [0.05, 0.1) is 23.2 Å². The fourth-order valence-corrected chi connectivity index (χ4v) is 2.69. The number of hydrogen-bond acceptors (Lipinski definition) is 4. The zero-order chi connectivity index (χ0) is 16.6. The molecule has 0 fully saturated rings. The van der Waals surface area contributed by atoms with Crippen molar-refractivity contribution in [2.45, 2.75) is 20.8 Å². The van der Waals surface area contributed by atoms with Crippen molar-refractivity contribution in [1.29, 1.82) is 0 Å². The van der Waals surface area contributed by atoms with Gasteiger partial charge in [-0.05, 0) is 39.0 Å². The Hall–Kier alpha value is -2.18. The Morgan fingerprint density at radius 3 is 2.43 bits per heavy atom. The van der Waals surface area contributed by atoms with E-state index < -0.39 is 0 Å². The molecule has 0 bridgehead atoms. The summed E-state index contributed by atoms with van der Waals surface area (Å²) in [6, 6.07) is 7.34. The number of halogens is 2. The molecule has 8 heteroatoms. The third kappa shape index (κ3) is 3.00. The van der Waals surface area contributed by atoms with Gasteiger partial charge in [0.25, 0.3) is 0 Å². The van der Waals surface area contributed by atoms with Crippen LogP contribution in [-0.2, 0) is 0 Å². The molecule has 0 saturated carbocycles. The van der Waals surface area contributed by atoms with Gasteiger partial charge >= 0.3 is 0 Å². The lowest BCUT2D eigenvalue weighted by atomic mass is 10.3. The first kappa shape index (κ1) is 15.7. The van der Waals surface area contributed by atoms with Crippen molar-refractivity contribution < 1.29 is 0 Å². The van der Waals surface area contributed by atoms with Crippen molar-refractivity contribution in [2.24, 2.45) is 5.10 Å². The standard InChI is InChI=1S/C15H14Cl2N6/c1-9-14(8-18-22-10(2)19-20-11(22)3)15(17)23(21-9)13-6-4-5-12(16)7-13/h4-8H,1-3H3/b18-8+. The largest absolute Gasteiger partial charge is 0.221 e. The number of hydrogen-bond donors (Lipinski definition) is 0. The Kier molecular flexibility index (Phi) is 4.19. The minimum Gasteiger partial charge on any atom is -0.221 e. The molecule has 0 amide bonds. The number of benzene rings is 1. The Labute approximate surface area is 143 Å². The van der Waals surface area contributed by atoms with Gasteiger partial charge < -0.3 is 0 Å². The zero-order valence-electron chi connectivity index (χ0n) is 12.8. The van der Waals surface area contributed by atoms with Gasteiger partial charge in [0, 0.05) is 5.02 Å². The third-order valence-electron chi connectivity index (χ3n) is 3.36.